The lowest BCUT2D eigenvalue weighted by Crippen LogP contribution is -2.28. The second kappa shape index (κ2) is 8.43. The molecule has 0 spiro atoms. The molecule has 2 N–H and O–H groups in total. The highest BCUT2D eigenvalue weighted by Gasteiger charge is 2.32. The molecule has 0 aliphatic carbocycles. The van der Waals surface area contributed by atoms with E-state index in [1.54, 1.807) is 12.1 Å². The molecule has 1 fully saturated rings. The molecule has 6 nitrogen and oxygen atoms in total. The standard InChI is InChI=1S/C16H19BrN4O2S/c1-9(2)10(3)20-21-16-19-15(23)13(24-16)8-14(22)18-12-6-4-11(17)5-7-12/h4-7,9,13H,8H2,1-3H3,(H,18,22)(H,19,21,23)/t13-/m0/s1. The first-order chi connectivity index (χ1) is 11.3. The summed E-state index contributed by atoms with van der Waals surface area (Å²) in [5.41, 5.74) is 1.58. The van der Waals surface area contributed by atoms with Crippen LogP contribution < -0.4 is 10.6 Å². The number of carbonyl (C=O) groups is 2. The summed E-state index contributed by atoms with van der Waals surface area (Å²) in [5.74, 6) is -0.140. The molecule has 24 heavy (non-hydrogen) atoms. The number of thioether (sulfide) groups is 1. The van der Waals surface area contributed by atoms with E-state index in [4.69, 9.17) is 0 Å². The SMILES string of the molecule is CC(=NN=C1NC(=O)[C@H](CC(=O)Nc2ccc(Br)cc2)S1)C(C)C. The van der Waals surface area contributed by atoms with Crippen molar-refractivity contribution in [1.82, 2.24) is 5.32 Å². The zero-order chi connectivity index (χ0) is 17.7. The normalized spacial score (nSPS) is 19.7. The Morgan fingerprint density at radius 3 is 2.67 bits per heavy atom. The van der Waals surface area contributed by atoms with Gasteiger partial charge < -0.3 is 10.6 Å². The van der Waals surface area contributed by atoms with Crippen LogP contribution >= 0.6 is 27.7 Å². The maximum atomic E-state index is 12.1. The zero-order valence-corrected chi connectivity index (χ0v) is 16.1. The molecule has 0 unspecified atom stereocenters. The Bertz CT molecular complexity index is 686. The zero-order valence-electron chi connectivity index (χ0n) is 13.7. The molecule has 2 rings (SSSR count). The minimum Gasteiger partial charge on any atom is -0.326 e. The molecule has 1 aliphatic rings. The number of carbonyl (C=O) groups excluding carboxylic acids is 2. The van der Waals surface area contributed by atoms with Gasteiger partial charge in [-0.05, 0) is 37.1 Å². The van der Waals surface area contributed by atoms with Crippen LogP contribution in [0.25, 0.3) is 0 Å². The first-order valence-electron chi connectivity index (χ1n) is 7.50. The van der Waals surface area contributed by atoms with Gasteiger partial charge in [0, 0.05) is 22.3 Å². The fourth-order valence-electron chi connectivity index (χ4n) is 1.74. The van der Waals surface area contributed by atoms with Crippen LogP contribution in [0.4, 0.5) is 5.69 Å². The van der Waals surface area contributed by atoms with E-state index in [-0.39, 0.29) is 18.2 Å². The molecule has 128 valence electrons. The van der Waals surface area contributed by atoms with Gasteiger partial charge in [0.2, 0.25) is 11.8 Å². The van der Waals surface area contributed by atoms with Gasteiger partial charge in [-0.25, -0.2) is 0 Å². The fourth-order valence-corrected chi connectivity index (χ4v) is 2.92. The number of anilines is 1. The lowest BCUT2D eigenvalue weighted by molar-refractivity contribution is -0.122. The van der Waals surface area contributed by atoms with E-state index in [1.807, 2.05) is 32.9 Å². The molecule has 1 atom stereocenters. The Labute approximate surface area is 153 Å². The van der Waals surface area contributed by atoms with Crippen LogP contribution in [0.15, 0.2) is 38.9 Å². The van der Waals surface area contributed by atoms with E-state index < -0.39 is 5.25 Å². The van der Waals surface area contributed by atoms with E-state index in [9.17, 15) is 9.59 Å². The molecule has 1 aliphatic heterocycles. The summed E-state index contributed by atoms with van der Waals surface area (Å²) >= 11 is 4.57. The van der Waals surface area contributed by atoms with Gasteiger partial charge in [0.25, 0.3) is 0 Å². The summed E-state index contributed by atoms with van der Waals surface area (Å²) in [5, 5.41) is 13.5. The predicted molar refractivity (Wildman–Crippen MR) is 102 cm³/mol. The number of nitrogens with one attached hydrogen (secondary N) is 2. The van der Waals surface area contributed by atoms with E-state index in [0.29, 0.717) is 16.8 Å². The van der Waals surface area contributed by atoms with Crippen LogP contribution in [0.3, 0.4) is 0 Å². The number of rotatable bonds is 5. The largest absolute Gasteiger partial charge is 0.326 e. The van der Waals surface area contributed by atoms with Crippen LogP contribution in [0, 0.1) is 5.92 Å². The Kier molecular flexibility index (Phi) is 6.56. The Balaban J connectivity index is 1.92. The highest BCUT2D eigenvalue weighted by Crippen LogP contribution is 2.23. The third-order valence-electron chi connectivity index (χ3n) is 3.41. The molecular weight excluding hydrogens is 392 g/mol. The van der Waals surface area contributed by atoms with Crippen molar-refractivity contribution in [2.45, 2.75) is 32.4 Å². The second-order valence-electron chi connectivity index (χ2n) is 5.66. The van der Waals surface area contributed by atoms with E-state index >= 15 is 0 Å². The molecule has 2 amide bonds. The molecule has 0 bridgehead atoms. The number of hydrogen-bond acceptors (Lipinski definition) is 5. The molecule has 0 radical (unpaired) electrons. The first-order valence-corrected chi connectivity index (χ1v) is 9.17. The van der Waals surface area contributed by atoms with Crippen molar-refractivity contribution < 1.29 is 9.59 Å². The monoisotopic (exact) mass is 410 g/mol. The summed E-state index contributed by atoms with van der Waals surface area (Å²) < 4.78 is 0.935. The highest BCUT2D eigenvalue weighted by molar-refractivity contribution is 9.10. The number of halogens is 1. The fraction of sp³-hybridized carbons (Fsp3) is 0.375. The van der Waals surface area contributed by atoms with Gasteiger partial charge in [-0.3, -0.25) is 9.59 Å². The molecule has 1 aromatic rings. The summed E-state index contributed by atoms with van der Waals surface area (Å²) in [7, 11) is 0. The Morgan fingerprint density at radius 2 is 2.04 bits per heavy atom. The smallest absolute Gasteiger partial charge is 0.240 e. The molecule has 0 aromatic heterocycles. The second-order valence-corrected chi connectivity index (χ2v) is 7.76. The summed E-state index contributed by atoms with van der Waals surface area (Å²) in [6, 6.07) is 7.26. The quantitative estimate of drug-likeness (QED) is 0.576. The molecular formula is C16H19BrN4O2S. The Hall–Kier alpha value is -1.67. The lowest BCUT2D eigenvalue weighted by atomic mass is 10.1. The van der Waals surface area contributed by atoms with Gasteiger partial charge in [-0.15, -0.1) is 5.10 Å². The van der Waals surface area contributed by atoms with Gasteiger partial charge >= 0.3 is 0 Å². The predicted octanol–water partition coefficient (Wildman–Crippen LogP) is 3.40. The number of amidine groups is 1. The van der Waals surface area contributed by atoms with E-state index in [1.165, 1.54) is 11.8 Å². The van der Waals surface area contributed by atoms with Crippen LogP contribution in [-0.4, -0.2) is 27.9 Å². The highest BCUT2D eigenvalue weighted by atomic mass is 79.9. The van der Waals surface area contributed by atoms with Crippen molar-refractivity contribution in [3.05, 3.63) is 28.7 Å². The van der Waals surface area contributed by atoms with E-state index in [2.05, 4.69) is 36.8 Å². The molecule has 0 saturated carbocycles. The minimum atomic E-state index is -0.492. The Morgan fingerprint density at radius 1 is 1.38 bits per heavy atom. The molecule has 8 heteroatoms. The van der Waals surface area contributed by atoms with Crippen molar-refractivity contribution in [3.63, 3.8) is 0 Å². The topological polar surface area (TPSA) is 82.9 Å². The third kappa shape index (κ3) is 5.45. The van der Waals surface area contributed by atoms with Gasteiger partial charge in [-0.2, -0.15) is 5.10 Å². The van der Waals surface area contributed by atoms with Gasteiger partial charge in [-0.1, -0.05) is 41.5 Å². The van der Waals surface area contributed by atoms with Crippen molar-refractivity contribution in [2.24, 2.45) is 16.1 Å². The van der Waals surface area contributed by atoms with Crippen molar-refractivity contribution in [1.29, 1.82) is 0 Å². The number of hydrogen-bond donors (Lipinski definition) is 2. The third-order valence-corrected chi connectivity index (χ3v) is 5.01. The average Bonchev–Trinajstić information content (AvgIpc) is 2.87. The lowest BCUT2D eigenvalue weighted by Gasteiger charge is -2.07. The van der Waals surface area contributed by atoms with E-state index in [0.717, 1.165) is 10.2 Å². The van der Waals surface area contributed by atoms with Crippen molar-refractivity contribution >= 4 is 56.1 Å². The van der Waals surface area contributed by atoms with Crippen LogP contribution in [0.1, 0.15) is 27.2 Å². The molecule has 1 saturated heterocycles. The van der Waals surface area contributed by atoms with Crippen molar-refractivity contribution in [2.75, 3.05) is 5.32 Å². The number of amides is 2. The average molecular weight is 411 g/mol. The van der Waals surface area contributed by atoms with Gasteiger partial charge in [0.1, 0.15) is 5.25 Å². The van der Waals surface area contributed by atoms with Crippen molar-refractivity contribution in [3.8, 4) is 0 Å². The van der Waals surface area contributed by atoms with Gasteiger partial charge in [0.15, 0.2) is 5.17 Å². The van der Waals surface area contributed by atoms with Crippen LogP contribution in [0.5, 0.6) is 0 Å². The van der Waals surface area contributed by atoms with Crippen LogP contribution in [-0.2, 0) is 9.59 Å². The van der Waals surface area contributed by atoms with Crippen LogP contribution in [0.2, 0.25) is 0 Å². The summed E-state index contributed by atoms with van der Waals surface area (Å²) in [4.78, 5) is 24.0. The number of nitrogens with zero attached hydrogens (tertiary/aromatic N) is 2. The molecule has 1 heterocycles. The maximum absolute atomic E-state index is 12.1. The number of benzene rings is 1. The summed E-state index contributed by atoms with van der Waals surface area (Å²) in [6.45, 7) is 5.93. The first kappa shape index (κ1) is 18.7. The molecule has 1 aromatic carbocycles. The minimum absolute atomic E-state index is 0.0818. The maximum Gasteiger partial charge on any atom is 0.240 e. The van der Waals surface area contributed by atoms with Gasteiger partial charge in [0.05, 0.1) is 0 Å². The summed E-state index contributed by atoms with van der Waals surface area (Å²) in [6.07, 6.45) is 0.0818.